The number of nitrogens with one attached hydrogen (secondary N) is 1. The number of hydrogen-bond acceptors (Lipinski definition) is 6. The molecule has 1 unspecified atom stereocenters. The third-order valence-electron chi connectivity index (χ3n) is 3.86. The SMILES string of the molecule is COc1ccc(I)c(Sc2nc3c([AsH2])ncnc3n2CCNC(C)(C)C)c1. The molecule has 27 heavy (non-hydrogen) atoms. The molecule has 9 heteroatoms. The topological polar surface area (TPSA) is 64.9 Å². The zero-order valence-corrected chi connectivity index (χ0v) is 21.2. The van der Waals surface area contributed by atoms with Crippen LogP contribution in [-0.2, 0) is 6.54 Å². The Morgan fingerprint density at radius 3 is 2.78 bits per heavy atom. The summed E-state index contributed by atoms with van der Waals surface area (Å²) in [4.78, 5) is 14.8. The Hall–Kier alpha value is -0.832. The summed E-state index contributed by atoms with van der Waals surface area (Å²) in [6, 6.07) is 6.08. The van der Waals surface area contributed by atoms with Crippen LogP contribution in [0.3, 0.4) is 0 Å². The Bertz CT molecular complexity index is 957. The second kappa shape index (κ2) is 8.67. The molecule has 0 amide bonds. The molecule has 0 spiro atoms. The number of fused-ring (bicyclic) bond motifs is 1. The van der Waals surface area contributed by atoms with Crippen molar-refractivity contribution in [2.75, 3.05) is 13.7 Å². The van der Waals surface area contributed by atoms with Crippen molar-refractivity contribution < 1.29 is 4.74 Å². The molecule has 0 bridgehead atoms. The van der Waals surface area contributed by atoms with Crippen LogP contribution >= 0.6 is 34.4 Å². The van der Waals surface area contributed by atoms with Gasteiger partial charge in [-0.1, -0.05) is 0 Å². The van der Waals surface area contributed by atoms with Gasteiger partial charge >= 0.3 is 187 Å². The number of nitrogens with zero attached hydrogens (tertiary/aromatic N) is 4. The molecule has 2 aromatic heterocycles. The predicted octanol–water partition coefficient (Wildman–Crippen LogP) is 2.24. The van der Waals surface area contributed by atoms with Crippen molar-refractivity contribution in [1.29, 1.82) is 0 Å². The Labute approximate surface area is 185 Å². The van der Waals surface area contributed by atoms with Crippen molar-refractivity contribution in [2.45, 2.75) is 42.9 Å². The molecule has 2 heterocycles. The summed E-state index contributed by atoms with van der Waals surface area (Å²) in [7, 11) is 1.69. The van der Waals surface area contributed by atoms with Crippen molar-refractivity contribution in [3.8, 4) is 5.75 Å². The van der Waals surface area contributed by atoms with Crippen molar-refractivity contribution >= 4 is 66.9 Å². The second-order valence-electron chi connectivity index (χ2n) is 7.05. The summed E-state index contributed by atoms with van der Waals surface area (Å²) in [5.41, 5.74) is 1.84. The fraction of sp³-hybridized carbons (Fsp3) is 0.389. The molecule has 0 aliphatic rings. The van der Waals surface area contributed by atoms with Gasteiger partial charge in [-0.3, -0.25) is 0 Å². The second-order valence-corrected chi connectivity index (χ2v) is 10.4. The first-order chi connectivity index (χ1) is 12.8. The molecule has 144 valence electrons. The standard InChI is InChI=1S/C18H23AsIN5OS/c1-18(2,3)23-7-8-25-16-14(15(19)21-10-22-16)24-17(25)27-13-9-11(26-4)5-6-12(13)20/h5-6,9-10,23H,7-8,19H2,1-4H3. The number of rotatable bonds is 6. The first kappa shape index (κ1) is 20.9. The van der Waals surface area contributed by atoms with Gasteiger partial charge in [0.05, 0.1) is 0 Å². The summed E-state index contributed by atoms with van der Waals surface area (Å²) in [6.07, 6.45) is 1.62. The Balaban J connectivity index is 1.98. The van der Waals surface area contributed by atoms with E-state index in [4.69, 9.17) is 9.72 Å². The first-order valence-corrected chi connectivity index (χ1v) is 11.6. The van der Waals surface area contributed by atoms with Crippen LogP contribution in [0.25, 0.3) is 11.2 Å². The van der Waals surface area contributed by atoms with Crippen LogP contribution in [0.1, 0.15) is 20.8 Å². The van der Waals surface area contributed by atoms with Gasteiger partial charge in [-0.05, 0) is 0 Å². The van der Waals surface area contributed by atoms with Crippen LogP contribution in [0.4, 0.5) is 0 Å². The molecule has 1 N–H and O–H groups in total. The van der Waals surface area contributed by atoms with Gasteiger partial charge in [0.1, 0.15) is 0 Å². The van der Waals surface area contributed by atoms with Crippen LogP contribution in [0, 0.1) is 3.57 Å². The Morgan fingerprint density at radius 1 is 1.30 bits per heavy atom. The van der Waals surface area contributed by atoms with Crippen molar-refractivity contribution in [3.05, 3.63) is 28.1 Å². The van der Waals surface area contributed by atoms with E-state index in [2.05, 4.69) is 69.3 Å². The van der Waals surface area contributed by atoms with Crippen LogP contribution in [0.2, 0.25) is 0 Å². The molecular weight excluding hydrogens is 536 g/mol. The zero-order chi connectivity index (χ0) is 19.6. The monoisotopic (exact) mass is 559 g/mol. The van der Waals surface area contributed by atoms with Gasteiger partial charge in [0, 0.05) is 0 Å². The van der Waals surface area contributed by atoms with Gasteiger partial charge in [0.15, 0.2) is 0 Å². The molecule has 3 aromatic rings. The third-order valence-corrected chi connectivity index (χ3v) is 7.10. The Morgan fingerprint density at radius 2 is 2.07 bits per heavy atom. The molecule has 0 aliphatic carbocycles. The van der Waals surface area contributed by atoms with E-state index in [1.54, 1.807) is 25.2 Å². The van der Waals surface area contributed by atoms with E-state index >= 15 is 0 Å². The molecule has 0 saturated heterocycles. The number of ether oxygens (including phenoxy) is 1. The van der Waals surface area contributed by atoms with Crippen LogP contribution in [0.15, 0.2) is 34.6 Å². The van der Waals surface area contributed by atoms with Crippen molar-refractivity contribution in [1.82, 2.24) is 24.8 Å². The Kier molecular flexibility index (Phi) is 6.71. The summed E-state index contributed by atoms with van der Waals surface area (Å²) >= 11 is 5.45. The fourth-order valence-electron chi connectivity index (χ4n) is 2.54. The van der Waals surface area contributed by atoms with E-state index in [0.717, 1.165) is 48.1 Å². The van der Waals surface area contributed by atoms with Gasteiger partial charge in [-0.2, -0.15) is 0 Å². The average Bonchev–Trinajstić information content (AvgIpc) is 2.95. The van der Waals surface area contributed by atoms with E-state index < -0.39 is 0 Å². The number of aromatic nitrogens is 4. The van der Waals surface area contributed by atoms with Crippen molar-refractivity contribution in [3.63, 3.8) is 0 Å². The minimum atomic E-state index is 0.0693. The molecule has 0 radical (unpaired) electrons. The summed E-state index contributed by atoms with van der Waals surface area (Å²) in [6.45, 7) is 8.14. The maximum atomic E-state index is 5.38. The van der Waals surface area contributed by atoms with Crippen LogP contribution in [0.5, 0.6) is 5.75 Å². The molecule has 3 rings (SSSR count). The van der Waals surface area contributed by atoms with Gasteiger partial charge in [-0.25, -0.2) is 0 Å². The van der Waals surface area contributed by atoms with E-state index in [1.165, 1.54) is 16.9 Å². The van der Waals surface area contributed by atoms with E-state index in [1.807, 2.05) is 12.1 Å². The van der Waals surface area contributed by atoms with E-state index in [0.29, 0.717) is 0 Å². The molecule has 1 aromatic carbocycles. The maximum absolute atomic E-state index is 5.38. The first-order valence-electron chi connectivity index (χ1n) is 8.51. The normalized spacial score (nSPS) is 11.9. The summed E-state index contributed by atoms with van der Waals surface area (Å²) < 4.78 is 9.68. The zero-order valence-electron chi connectivity index (χ0n) is 15.8. The number of halogens is 1. The quantitative estimate of drug-likeness (QED) is 0.370. The van der Waals surface area contributed by atoms with Gasteiger partial charge < -0.3 is 0 Å². The molecule has 0 aliphatic heterocycles. The molecule has 0 saturated carbocycles. The molecule has 6 nitrogen and oxygen atoms in total. The van der Waals surface area contributed by atoms with Crippen molar-refractivity contribution in [2.24, 2.45) is 0 Å². The van der Waals surface area contributed by atoms with E-state index in [-0.39, 0.29) is 5.54 Å². The average molecular weight is 559 g/mol. The fourth-order valence-corrected chi connectivity index (χ4v) is 4.72. The van der Waals surface area contributed by atoms with Crippen LogP contribution < -0.4 is 14.5 Å². The summed E-state index contributed by atoms with van der Waals surface area (Å²) in [5, 5.41) is 4.46. The molecule has 1 atom stereocenters. The molecule has 0 fully saturated rings. The number of benzene rings is 1. The molecular formula is C18H23AsIN5OS. The van der Waals surface area contributed by atoms with Gasteiger partial charge in [0.2, 0.25) is 0 Å². The third kappa shape index (κ3) is 5.16. The minimum absolute atomic E-state index is 0.0693. The van der Waals surface area contributed by atoms with E-state index in [9.17, 15) is 0 Å². The van der Waals surface area contributed by atoms with Crippen LogP contribution in [-0.4, -0.2) is 55.6 Å². The number of imidazole rings is 1. The number of hydrogen-bond donors (Lipinski definition) is 1. The van der Waals surface area contributed by atoms with Gasteiger partial charge in [0.25, 0.3) is 0 Å². The predicted molar refractivity (Wildman–Crippen MR) is 121 cm³/mol. The summed E-state index contributed by atoms with van der Waals surface area (Å²) in [5.74, 6) is 0.842. The number of methoxy groups -OCH3 is 1. The van der Waals surface area contributed by atoms with Gasteiger partial charge in [-0.15, -0.1) is 0 Å².